The van der Waals surface area contributed by atoms with Crippen LogP contribution in [0.5, 0.6) is 0 Å². The molecule has 2 rings (SSSR count). The molecule has 0 amide bonds. The smallest absolute Gasteiger partial charge is 0.153 e. The number of aldehydes is 1. The standard InChI is InChI=1S/C11H12BrIN2O/c12-10-2-1-3-11(9(10)8-16)14-4-6-15(13)7-5-14/h1-3,8H,4-7H2. The molecule has 1 saturated heterocycles. The van der Waals surface area contributed by atoms with Crippen molar-refractivity contribution in [2.45, 2.75) is 0 Å². The molecule has 0 radical (unpaired) electrons. The quantitative estimate of drug-likeness (QED) is 0.437. The van der Waals surface area contributed by atoms with Crippen molar-refractivity contribution in [1.29, 1.82) is 0 Å². The minimum absolute atomic E-state index is 0.754. The first-order valence-electron chi connectivity index (χ1n) is 5.11. The second-order valence-corrected chi connectivity index (χ2v) is 5.91. The van der Waals surface area contributed by atoms with Gasteiger partial charge in [-0.25, -0.2) is 3.11 Å². The van der Waals surface area contributed by atoms with Crippen LogP contribution < -0.4 is 4.90 Å². The molecule has 3 nitrogen and oxygen atoms in total. The third kappa shape index (κ3) is 2.57. The van der Waals surface area contributed by atoms with E-state index in [2.05, 4.69) is 46.8 Å². The van der Waals surface area contributed by atoms with Crippen molar-refractivity contribution >= 4 is 50.8 Å². The Morgan fingerprint density at radius 1 is 1.25 bits per heavy atom. The maximum absolute atomic E-state index is 11.1. The fourth-order valence-corrected chi connectivity index (χ4v) is 2.72. The summed E-state index contributed by atoms with van der Waals surface area (Å²) >= 11 is 5.75. The van der Waals surface area contributed by atoms with E-state index in [0.717, 1.165) is 48.2 Å². The van der Waals surface area contributed by atoms with Gasteiger partial charge >= 0.3 is 0 Å². The number of anilines is 1. The molecule has 0 aliphatic carbocycles. The molecule has 0 spiro atoms. The molecule has 0 bridgehead atoms. The van der Waals surface area contributed by atoms with E-state index in [4.69, 9.17) is 0 Å². The van der Waals surface area contributed by atoms with Crippen LogP contribution >= 0.6 is 38.8 Å². The van der Waals surface area contributed by atoms with E-state index in [0.29, 0.717) is 0 Å². The summed E-state index contributed by atoms with van der Waals surface area (Å²) in [6.07, 6.45) is 0.926. The fraction of sp³-hybridized carbons (Fsp3) is 0.364. The lowest BCUT2D eigenvalue weighted by Gasteiger charge is -2.33. The lowest BCUT2D eigenvalue weighted by Crippen LogP contribution is -2.42. The molecule has 0 unspecified atom stereocenters. The molecule has 0 N–H and O–H groups in total. The summed E-state index contributed by atoms with van der Waals surface area (Å²) in [5.41, 5.74) is 1.79. The van der Waals surface area contributed by atoms with Crippen LogP contribution in [0.25, 0.3) is 0 Å². The van der Waals surface area contributed by atoms with E-state index >= 15 is 0 Å². The average molecular weight is 395 g/mol. The fourth-order valence-electron chi connectivity index (χ4n) is 1.84. The molecular weight excluding hydrogens is 383 g/mol. The van der Waals surface area contributed by atoms with Crippen LogP contribution in [0.4, 0.5) is 5.69 Å². The van der Waals surface area contributed by atoms with Gasteiger partial charge in [-0.3, -0.25) is 4.79 Å². The number of carbonyl (C=O) groups is 1. The molecule has 0 saturated carbocycles. The van der Waals surface area contributed by atoms with Crippen molar-refractivity contribution in [3.05, 3.63) is 28.2 Å². The van der Waals surface area contributed by atoms with Gasteiger partial charge in [0.25, 0.3) is 0 Å². The zero-order chi connectivity index (χ0) is 11.5. The van der Waals surface area contributed by atoms with Crippen LogP contribution in [-0.4, -0.2) is 35.6 Å². The van der Waals surface area contributed by atoms with E-state index in [1.165, 1.54) is 0 Å². The van der Waals surface area contributed by atoms with Gasteiger partial charge in [0, 0.05) is 59.2 Å². The molecule has 1 aliphatic heterocycles. The highest BCUT2D eigenvalue weighted by Crippen LogP contribution is 2.27. The van der Waals surface area contributed by atoms with Gasteiger partial charge in [0.1, 0.15) is 0 Å². The molecule has 16 heavy (non-hydrogen) atoms. The lowest BCUT2D eigenvalue weighted by atomic mass is 10.1. The second-order valence-electron chi connectivity index (χ2n) is 3.69. The van der Waals surface area contributed by atoms with Gasteiger partial charge < -0.3 is 4.90 Å². The molecule has 0 aromatic heterocycles. The Hall–Kier alpha value is -0.140. The Morgan fingerprint density at radius 2 is 1.94 bits per heavy atom. The average Bonchev–Trinajstić information content (AvgIpc) is 2.30. The first kappa shape index (κ1) is 12.3. The molecule has 1 aromatic carbocycles. The number of halogens is 2. The first-order valence-corrected chi connectivity index (χ1v) is 6.87. The predicted octanol–water partition coefficient (Wildman–Crippen LogP) is 2.73. The molecule has 86 valence electrons. The Balaban J connectivity index is 2.26. The summed E-state index contributed by atoms with van der Waals surface area (Å²) in [7, 11) is 0. The van der Waals surface area contributed by atoms with Crippen molar-refractivity contribution in [3.63, 3.8) is 0 Å². The van der Waals surface area contributed by atoms with E-state index in [9.17, 15) is 4.79 Å². The molecule has 1 heterocycles. The predicted molar refractivity (Wildman–Crippen MR) is 77.3 cm³/mol. The van der Waals surface area contributed by atoms with Gasteiger partial charge in [-0.05, 0) is 28.1 Å². The Bertz CT molecular complexity index is 392. The van der Waals surface area contributed by atoms with E-state index in [1.807, 2.05) is 18.2 Å². The van der Waals surface area contributed by atoms with Crippen molar-refractivity contribution in [2.75, 3.05) is 31.1 Å². The van der Waals surface area contributed by atoms with Crippen molar-refractivity contribution < 1.29 is 4.79 Å². The summed E-state index contributed by atoms with van der Waals surface area (Å²) < 4.78 is 3.14. The number of piperazine rings is 1. The summed E-state index contributed by atoms with van der Waals surface area (Å²) in [6.45, 7) is 4.01. The van der Waals surface area contributed by atoms with Gasteiger partial charge in [0.2, 0.25) is 0 Å². The third-order valence-electron chi connectivity index (χ3n) is 2.71. The Morgan fingerprint density at radius 3 is 2.56 bits per heavy atom. The van der Waals surface area contributed by atoms with Gasteiger partial charge in [0.05, 0.1) is 5.56 Å². The molecule has 5 heteroatoms. The highest BCUT2D eigenvalue weighted by Gasteiger charge is 2.18. The molecule has 1 fully saturated rings. The summed E-state index contributed by atoms with van der Waals surface area (Å²) in [5, 5.41) is 0. The molecular formula is C11H12BrIN2O. The maximum Gasteiger partial charge on any atom is 0.153 e. The molecule has 1 aromatic rings. The van der Waals surface area contributed by atoms with Crippen molar-refractivity contribution in [1.82, 2.24) is 3.11 Å². The first-order chi connectivity index (χ1) is 7.72. The van der Waals surface area contributed by atoms with E-state index in [1.54, 1.807) is 0 Å². The topological polar surface area (TPSA) is 23.6 Å². The molecule has 0 atom stereocenters. The number of carbonyl (C=O) groups excluding carboxylic acids is 1. The Kier molecular flexibility index (Phi) is 4.21. The van der Waals surface area contributed by atoms with Crippen LogP contribution in [0.3, 0.4) is 0 Å². The third-order valence-corrected chi connectivity index (χ3v) is 4.37. The van der Waals surface area contributed by atoms with Crippen molar-refractivity contribution in [2.24, 2.45) is 0 Å². The van der Waals surface area contributed by atoms with E-state index < -0.39 is 0 Å². The number of benzene rings is 1. The van der Waals surface area contributed by atoms with Crippen molar-refractivity contribution in [3.8, 4) is 0 Å². The van der Waals surface area contributed by atoms with Crippen LogP contribution in [0, 0.1) is 0 Å². The number of nitrogens with zero attached hydrogens (tertiary/aromatic N) is 2. The normalized spacial score (nSPS) is 17.5. The highest BCUT2D eigenvalue weighted by molar-refractivity contribution is 14.1. The largest absolute Gasteiger partial charge is 0.368 e. The van der Waals surface area contributed by atoms with Crippen LogP contribution in [0.2, 0.25) is 0 Å². The summed E-state index contributed by atoms with van der Waals surface area (Å²) in [6, 6.07) is 5.89. The minimum atomic E-state index is 0.754. The second kappa shape index (κ2) is 5.46. The number of hydrogen-bond acceptors (Lipinski definition) is 3. The Labute approximate surface area is 117 Å². The van der Waals surface area contributed by atoms with Gasteiger partial charge in [-0.2, -0.15) is 0 Å². The summed E-state index contributed by atoms with van der Waals surface area (Å²) in [4.78, 5) is 13.4. The lowest BCUT2D eigenvalue weighted by molar-refractivity contribution is 0.112. The monoisotopic (exact) mass is 394 g/mol. The highest BCUT2D eigenvalue weighted by atomic mass is 127. The molecule has 1 aliphatic rings. The zero-order valence-electron chi connectivity index (χ0n) is 8.70. The van der Waals surface area contributed by atoms with Gasteiger partial charge in [-0.1, -0.05) is 6.07 Å². The SMILES string of the molecule is O=Cc1c(Br)cccc1N1CCN(I)CC1. The van der Waals surface area contributed by atoms with Crippen LogP contribution in [0.15, 0.2) is 22.7 Å². The van der Waals surface area contributed by atoms with Crippen LogP contribution in [-0.2, 0) is 0 Å². The summed E-state index contributed by atoms with van der Waals surface area (Å²) in [5.74, 6) is 0. The maximum atomic E-state index is 11.1. The number of rotatable bonds is 2. The number of hydrogen-bond donors (Lipinski definition) is 0. The van der Waals surface area contributed by atoms with Gasteiger partial charge in [-0.15, -0.1) is 0 Å². The van der Waals surface area contributed by atoms with Gasteiger partial charge in [0.15, 0.2) is 6.29 Å². The van der Waals surface area contributed by atoms with E-state index in [-0.39, 0.29) is 0 Å². The zero-order valence-corrected chi connectivity index (χ0v) is 12.4. The minimum Gasteiger partial charge on any atom is -0.368 e. The van der Waals surface area contributed by atoms with Crippen LogP contribution in [0.1, 0.15) is 10.4 Å².